The van der Waals surface area contributed by atoms with Gasteiger partial charge in [0, 0.05) is 12.0 Å². The predicted octanol–water partition coefficient (Wildman–Crippen LogP) is 3.56. The standard InChI is InChI=1S/C15H14F2O2/c16-15(17)19-14-9-5-4-8-12(14)13(18)10-11-6-2-1-3-7-11/h1-9,13,15,18H,10H2. The van der Waals surface area contributed by atoms with Gasteiger partial charge in [-0.2, -0.15) is 8.78 Å². The summed E-state index contributed by atoms with van der Waals surface area (Å²) >= 11 is 0. The lowest BCUT2D eigenvalue weighted by atomic mass is 10.0. The maximum absolute atomic E-state index is 12.3. The molecule has 0 aliphatic heterocycles. The predicted molar refractivity (Wildman–Crippen MR) is 68.2 cm³/mol. The van der Waals surface area contributed by atoms with E-state index in [4.69, 9.17) is 0 Å². The van der Waals surface area contributed by atoms with Gasteiger partial charge in [-0.1, -0.05) is 48.5 Å². The van der Waals surface area contributed by atoms with Crippen molar-refractivity contribution in [2.45, 2.75) is 19.1 Å². The van der Waals surface area contributed by atoms with Gasteiger partial charge < -0.3 is 9.84 Å². The average Bonchev–Trinajstić information content (AvgIpc) is 2.39. The van der Waals surface area contributed by atoms with Crippen LogP contribution in [-0.2, 0) is 6.42 Å². The maximum atomic E-state index is 12.3. The van der Waals surface area contributed by atoms with E-state index in [2.05, 4.69) is 4.74 Å². The first kappa shape index (κ1) is 13.5. The summed E-state index contributed by atoms with van der Waals surface area (Å²) in [7, 11) is 0. The molecule has 0 amide bonds. The zero-order chi connectivity index (χ0) is 13.7. The summed E-state index contributed by atoms with van der Waals surface area (Å²) < 4.78 is 29.0. The molecular formula is C15H14F2O2. The van der Waals surface area contributed by atoms with Gasteiger partial charge in [0.1, 0.15) is 5.75 Å². The van der Waals surface area contributed by atoms with Gasteiger partial charge in [-0.3, -0.25) is 0 Å². The number of alkyl halides is 2. The molecule has 0 bridgehead atoms. The molecule has 1 atom stereocenters. The number of hydrogen-bond acceptors (Lipinski definition) is 2. The normalized spacial score (nSPS) is 12.4. The number of hydrogen-bond donors (Lipinski definition) is 1. The molecule has 0 heterocycles. The first-order chi connectivity index (χ1) is 9.16. The summed E-state index contributed by atoms with van der Waals surface area (Å²) in [5.41, 5.74) is 1.30. The van der Waals surface area contributed by atoms with Crippen LogP contribution in [0.3, 0.4) is 0 Å². The first-order valence-electron chi connectivity index (χ1n) is 5.92. The molecule has 1 unspecified atom stereocenters. The van der Waals surface area contributed by atoms with Crippen molar-refractivity contribution in [3.8, 4) is 5.75 Å². The molecule has 0 fully saturated rings. The van der Waals surface area contributed by atoms with Crippen LogP contribution < -0.4 is 4.74 Å². The third kappa shape index (κ3) is 3.76. The molecule has 0 aliphatic rings. The van der Waals surface area contributed by atoms with E-state index < -0.39 is 12.7 Å². The fourth-order valence-electron chi connectivity index (χ4n) is 1.91. The van der Waals surface area contributed by atoms with Crippen molar-refractivity contribution < 1.29 is 18.6 Å². The van der Waals surface area contributed by atoms with Gasteiger partial charge in [0.05, 0.1) is 6.10 Å². The molecule has 0 radical (unpaired) electrons. The molecule has 19 heavy (non-hydrogen) atoms. The number of halogens is 2. The number of para-hydroxylation sites is 1. The molecule has 4 heteroatoms. The number of benzene rings is 2. The summed E-state index contributed by atoms with van der Waals surface area (Å²) in [6, 6.07) is 15.6. The third-order valence-corrected chi connectivity index (χ3v) is 2.77. The van der Waals surface area contributed by atoms with E-state index >= 15 is 0 Å². The maximum Gasteiger partial charge on any atom is 0.387 e. The van der Waals surface area contributed by atoms with Gasteiger partial charge in [0.2, 0.25) is 0 Å². The van der Waals surface area contributed by atoms with E-state index in [1.54, 1.807) is 18.2 Å². The van der Waals surface area contributed by atoms with Crippen LogP contribution in [0.1, 0.15) is 17.2 Å². The second-order valence-electron chi connectivity index (χ2n) is 4.12. The first-order valence-corrected chi connectivity index (χ1v) is 5.92. The summed E-state index contributed by atoms with van der Waals surface area (Å²) in [6.45, 7) is -2.90. The Hall–Kier alpha value is -1.94. The smallest absolute Gasteiger partial charge is 0.387 e. The van der Waals surface area contributed by atoms with Gasteiger partial charge in [-0.25, -0.2) is 0 Å². The van der Waals surface area contributed by atoms with E-state index in [-0.39, 0.29) is 5.75 Å². The van der Waals surface area contributed by atoms with E-state index in [0.29, 0.717) is 12.0 Å². The highest BCUT2D eigenvalue weighted by Crippen LogP contribution is 2.28. The minimum absolute atomic E-state index is 0.0148. The molecule has 0 spiro atoms. The summed E-state index contributed by atoms with van der Waals surface area (Å²) in [5.74, 6) is 0.0148. The Morgan fingerprint density at radius 2 is 1.58 bits per heavy atom. The highest BCUT2D eigenvalue weighted by molar-refractivity contribution is 5.36. The molecule has 2 rings (SSSR count). The fraction of sp³-hybridized carbons (Fsp3) is 0.200. The van der Waals surface area contributed by atoms with Crippen LogP contribution in [0, 0.1) is 0 Å². The number of ether oxygens (including phenoxy) is 1. The Balaban J connectivity index is 2.16. The summed E-state index contributed by atoms with van der Waals surface area (Å²) in [6.07, 6.45) is -0.526. The topological polar surface area (TPSA) is 29.5 Å². The molecule has 0 aromatic heterocycles. The van der Waals surface area contributed by atoms with Crippen molar-refractivity contribution >= 4 is 0 Å². The molecule has 2 nitrogen and oxygen atoms in total. The van der Waals surface area contributed by atoms with Crippen molar-refractivity contribution in [3.63, 3.8) is 0 Å². The molecule has 0 saturated carbocycles. The lowest BCUT2D eigenvalue weighted by molar-refractivity contribution is -0.0515. The van der Waals surface area contributed by atoms with Crippen molar-refractivity contribution in [2.75, 3.05) is 0 Å². The Morgan fingerprint density at radius 1 is 0.947 bits per heavy atom. The quantitative estimate of drug-likeness (QED) is 0.894. The lowest BCUT2D eigenvalue weighted by Crippen LogP contribution is -2.08. The summed E-state index contributed by atoms with van der Waals surface area (Å²) in [5, 5.41) is 10.1. The van der Waals surface area contributed by atoms with Crippen LogP contribution in [0.2, 0.25) is 0 Å². The molecule has 0 aliphatic carbocycles. The van der Waals surface area contributed by atoms with E-state index in [9.17, 15) is 13.9 Å². The Labute approximate surface area is 110 Å². The van der Waals surface area contributed by atoms with Crippen molar-refractivity contribution in [1.82, 2.24) is 0 Å². The zero-order valence-corrected chi connectivity index (χ0v) is 10.2. The van der Waals surface area contributed by atoms with Crippen LogP contribution in [0.5, 0.6) is 5.75 Å². The van der Waals surface area contributed by atoms with Crippen molar-refractivity contribution in [2.24, 2.45) is 0 Å². The molecule has 0 saturated heterocycles. The van der Waals surface area contributed by atoms with E-state index in [1.165, 1.54) is 6.07 Å². The second kappa shape index (κ2) is 6.29. The van der Waals surface area contributed by atoms with E-state index in [1.807, 2.05) is 30.3 Å². The number of aliphatic hydroxyl groups excluding tert-OH is 1. The van der Waals surface area contributed by atoms with Gasteiger partial charge >= 0.3 is 6.61 Å². The number of aliphatic hydroxyl groups is 1. The van der Waals surface area contributed by atoms with Crippen LogP contribution in [0.25, 0.3) is 0 Å². The van der Waals surface area contributed by atoms with Gasteiger partial charge in [-0.05, 0) is 11.6 Å². The minimum Gasteiger partial charge on any atom is -0.434 e. The zero-order valence-electron chi connectivity index (χ0n) is 10.2. The largest absolute Gasteiger partial charge is 0.434 e. The highest BCUT2D eigenvalue weighted by Gasteiger charge is 2.16. The van der Waals surface area contributed by atoms with Crippen LogP contribution in [0.15, 0.2) is 54.6 Å². The molecular weight excluding hydrogens is 250 g/mol. The minimum atomic E-state index is -2.90. The second-order valence-corrected chi connectivity index (χ2v) is 4.12. The van der Waals surface area contributed by atoms with Gasteiger partial charge in [0.25, 0.3) is 0 Å². The highest BCUT2D eigenvalue weighted by atomic mass is 19.3. The number of rotatable bonds is 5. The lowest BCUT2D eigenvalue weighted by Gasteiger charge is -2.15. The molecule has 1 N–H and O–H groups in total. The Bertz CT molecular complexity index is 515. The monoisotopic (exact) mass is 264 g/mol. The molecule has 100 valence electrons. The third-order valence-electron chi connectivity index (χ3n) is 2.77. The van der Waals surface area contributed by atoms with Gasteiger partial charge in [-0.15, -0.1) is 0 Å². The van der Waals surface area contributed by atoms with E-state index in [0.717, 1.165) is 5.56 Å². The Kier molecular flexibility index (Phi) is 4.47. The fourth-order valence-corrected chi connectivity index (χ4v) is 1.91. The Morgan fingerprint density at radius 3 is 2.26 bits per heavy atom. The summed E-state index contributed by atoms with van der Waals surface area (Å²) in [4.78, 5) is 0. The van der Waals surface area contributed by atoms with Crippen LogP contribution >= 0.6 is 0 Å². The van der Waals surface area contributed by atoms with Gasteiger partial charge in [0.15, 0.2) is 0 Å². The van der Waals surface area contributed by atoms with Crippen molar-refractivity contribution in [3.05, 3.63) is 65.7 Å². The van der Waals surface area contributed by atoms with Crippen molar-refractivity contribution in [1.29, 1.82) is 0 Å². The van der Waals surface area contributed by atoms with Crippen LogP contribution in [-0.4, -0.2) is 11.7 Å². The van der Waals surface area contributed by atoms with Crippen LogP contribution in [0.4, 0.5) is 8.78 Å². The average molecular weight is 264 g/mol. The molecule has 2 aromatic carbocycles. The SMILES string of the molecule is OC(Cc1ccccc1)c1ccccc1OC(F)F. The molecule has 2 aromatic rings.